The second-order valence-electron chi connectivity index (χ2n) is 5.19. The van der Waals surface area contributed by atoms with Gasteiger partial charge >= 0.3 is 5.97 Å². The Bertz CT molecular complexity index is 334. The molecule has 2 aliphatic rings. The van der Waals surface area contributed by atoms with Gasteiger partial charge in [-0.25, -0.2) is 0 Å². The Kier molecular flexibility index (Phi) is 4.19. The van der Waals surface area contributed by atoms with E-state index in [4.69, 9.17) is 15.6 Å². The standard InChI is InChI=1S/C12H20N2O4/c13-10-6-18-5-9(10)11(15)14-4-7-2-1-3-8(7)12(16)17/h7-10H,1-6,13H2,(H,14,15)(H,16,17). The van der Waals surface area contributed by atoms with E-state index in [0.29, 0.717) is 26.2 Å². The van der Waals surface area contributed by atoms with Gasteiger partial charge in [0.05, 0.1) is 25.0 Å². The summed E-state index contributed by atoms with van der Waals surface area (Å²) in [7, 11) is 0. The Labute approximate surface area is 106 Å². The van der Waals surface area contributed by atoms with E-state index in [1.807, 2.05) is 0 Å². The van der Waals surface area contributed by atoms with Crippen molar-refractivity contribution in [2.75, 3.05) is 19.8 Å². The van der Waals surface area contributed by atoms with Crippen molar-refractivity contribution < 1.29 is 19.4 Å². The molecule has 0 aromatic heterocycles. The zero-order valence-corrected chi connectivity index (χ0v) is 10.3. The van der Waals surface area contributed by atoms with Gasteiger partial charge in [-0.05, 0) is 18.8 Å². The van der Waals surface area contributed by atoms with Gasteiger partial charge in [-0.15, -0.1) is 0 Å². The maximum atomic E-state index is 11.9. The lowest BCUT2D eigenvalue weighted by atomic mass is 9.95. The molecule has 6 nitrogen and oxygen atoms in total. The summed E-state index contributed by atoms with van der Waals surface area (Å²) in [6, 6.07) is -0.246. The number of amides is 1. The van der Waals surface area contributed by atoms with Crippen LogP contribution >= 0.6 is 0 Å². The lowest BCUT2D eigenvalue weighted by molar-refractivity contribution is -0.143. The fraction of sp³-hybridized carbons (Fsp3) is 0.833. The van der Waals surface area contributed by atoms with Crippen LogP contribution in [0.5, 0.6) is 0 Å². The lowest BCUT2D eigenvalue weighted by Gasteiger charge is -2.19. The Morgan fingerprint density at radius 1 is 1.28 bits per heavy atom. The third-order valence-electron chi connectivity index (χ3n) is 3.98. The Morgan fingerprint density at radius 3 is 2.67 bits per heavy atom. The molecule has 1 saturated heterocycles. The third kappa shape index (κ3) is 2.81. The van der Waals surface area contributed by atoms with Crippen LogP contribution in [0, 0.1) is 17.8 Å². The van der Waals surface area contributed by atoms with Gasteiger partial charge in [-0.3, -0.25) is 9.59 Å². The van der Waals surface area contributed by atoms with Crippen molar-refractivity contribution in [3.63, 3.8) is 0 Å². The number of nitrogens with one attached hydrogen (secondary N) is 1. The van der Waals surface area contributed by atoms with Gasteiger partial charge in [0.15, 0.2) is 0 Å². The smallest absolute Gasteiger partial charge is 0.306 e. The summed E-state index contributed by atoms with van der Waals surface area (Å²) >= 11 is 0. The first kappa shape index (κ1) is 13.3. The topological polar surface area (TPSA) is 102 Å². The normalized spacial score (nSPS) is 35.6. The predicted molar refractivity (Wildman–Crippen MR) is 63.8 cm³/mol. The molecule has 1 aliphatic heterocycles. The van der Waals surface area contributed by atoms with Gasteiger partial charge in [-0.1, -0.05) is 6.42 Å². The molecule has 18 heavy (non-hydrogen) atoms. The molecule has 0 aromatic carbocycles. The number of hydrogen-bond donors (Lipinski definition) is 3. The second-order valence-corrected chi connectivity index (χ2v) is 5.19. The monoisotopic (exact) mass is 256 g/mol. The summed E-state index contributed by atoms with van der Waals surface area (Å²) in [5.41, 5.74) is 5.76. The molecule has 2 rings (SSSR count). The number of ether oxygens (including phenoxy) is 1. The highest BCUT2D eigenvalue weighted by Crippen LogP contribution is 2.31. The first-order valence-electron chi connectivity index (χ1n) is 6.43. The fourth-order valence-electron chi connectivity index (χ4n) is 2.81. The Balaban J connectivity index is 1.80. The van der Waals surface area contributed by atoms with E-state index in [9.17, 15) is 9.59 Å². The molecule has 6 heteroatoms. The second kappa shape index (κ2) is 5.67. The van der Waals surface area contributed by atoms with E-state index < -0.39 is 5.97 Å². The summed E-state index contributed by atoms with van der Waals surface area (Å²) in [6.07, 6.45) is 2.50. The van der Waals surface area contributed by atoms with Crippen LogP contribution in [0.4, 0.5) is 0 Å². The van der Waals surface area contributed by atoms with Gasteiger partial charge < -0.3 is 20.9 Å². The molecule has 1 amide bonds. The van der Waals surface area contributed by atoms with Gasteiger partial charge in [0.2, 0.25) is 5.91 Å². The molecule has 0 aromatic rings. The lowest BCUT2D eigenvalue weighted by Crippen LogP contribution is -2.43. The number of nitrogens with two attached hydrogens (primary N) is 1. The van der Waals surface area contributed by atoms with Crippen LogP contribution in [-0.2, 0) is 14.3 Å². The molecule has 0 spiro atoms. The van der Waals surface area contributed by atoms with E-state index in [1.54, 1.807) is 0 Å². The average molecular weight is 256 g/mol. The van der Waals surface area contributed by atoms with E-state index in [0.717, 1.165) is 12.8 Å². The van der Waals surface area contributed by atoms with E-state index in [-0.39, 0.29) is 29.7 Å². The number of aliphatic carboxylic acids is 1. The van der Waals surface area contributed by atoms with Crippen molar-refractivity contribution in [2.24, 2.45) is 23.5 Å². The van der Waals surface area contributed by atoms with Crippen LogP contribution in [0.1, 0.15) is 19.3 Å². The van der Waals surface area contributed by atoms with Crippen LogP contribution in [0.25, 0.3) is 0 Å². The minimum Gasteiger partial charge on any atom is -0.481 e. The molecule has 0 radical (unpaired) electrons. The Hall–Kier alpha value is -1.14. The van der Waals surface area contributed by atoms with Gasteiger partial charge in [0, 0.05) is 12.6 Å². The van der Waals surface area contributed by atoms with Crippen molar-refractivity contribution in [3.05, 3.63) is 0 Å². The van der Waals surface area contributed by atoms with Crippen molar-refractivity contribution in [3.8, 4) is 0 Å². The zero-order valence-electron chi connectivity index (χ0n) is 10.3. The molecule has 1 heterocycles. The molecule has 4 unspecified atom stereocenters. The van der Waals surface area contributed by atoms with Crippen LogP contribution in [-0.4, -0.2) is 42.8 Å². The number of rotatable bonds is 4. The SMILES string of the molecule is NC1COCC1C(=O)NCC1CCCC1C(=O)O. The molecular weight excluding hydrogens is 236 g/mol. The van der Waals surface area contributed by atoms with Crippen molar-refractivity contribution >= 4 is 11.9 Å². The van der Waals surface area contributed by atoms with Gasteiger partial charge in [0.1, 0.15) is 0 Å². The fourth-order valence-corrected chi connectivity index (χ4v) is 2.81. The average Bonchev–Trinajstić information content (AvgIpc) is 2.94. The maximum absolute atomic E-state index is 11.9. The molecule has 102 valence electrons. The minimum absolute atomic E-state index is 0.0463. The molecule has 1 saturated carbocycles. The number of carboxylic acids is 1. The molecule has 1 aliphatic carbocycles. The molecule has 4 N–H and O–H groups in total. The predicted octanol–water partition coefficient (Wildman–Crippen LogP) is -0.423. The van der Waals surface area contributed by atoms with Crippen LogP contribution in [0.3, 0.4) is 0 Å². The largest absolute Gasteiger partial charge is 0.481 e. The van der Waals surface area contributed by atoms with Gasteiger partial charge in [0.25, 0.3) is 0 Å². The highest BCUT2D eigenvalue weighted by molar-refractivity contribution is 5.80. The van der Waals surface area contributed by atoms with Crippen LogP contribution in [0.2, 0.25) is 0 Å². The molecule has 0 bridgehead atoms. The quantitative estimate of drug-likeness (QED) is 0.634. The highest BCUT2D eigenvalue weighted by atomic mass is 16.5. The molecule has 4 atom stereocenters. The zero-order chi connectivity index (χ0) is 13.1. The van der Waals surface area contributed by atoms with E-state index in [1.165, 1.54) is 0 Å². The van der Waals surface area contributed by atoms with Crippen LogP contribution in [0.15, 0.2) is 0 Å². The maximum Gasteiger partial charge on any atom is 0.306 e. The highest BCUT2D eigenvalue weighted by Gasteiger charge is 2.35. The number of hydrogen-bond acceptors (Lipinski definition) is 4. The number of carboxylic acid groups (broad SMARTS) is 1. The van der Waals surface area contributed by atoms with E-state index >= 15 is 0 Å². The summed E-state index contributed by atoms with van der Waals surface area (Å²) in [4.78, 5) is 22.9. The minimum atomic E-state index is -0.757. The van der Waals surface area contributed by atoms with Gasteiger partial charge in [-0.2, -0.15) is 0 Å². The summed E-state index contributed by atoms with van der Waals surface area (Å²) < 4.78 is 5.14. The number of carbonyl (C=O) groups is 2. The van der Waals surface area contributed by atoms with Crippen molar-refractivity contribution in [1.82, 2.24) is 5.32 Å². The van der Waals surface area contributed by atoms with Crippen molar-refractivity contribution in [1.29, 1.82) is 0 Å². The van der Waals surface area contributed by atoms with Crippen LogP contribution < -0.4 is 11.1 Å². The number of carbonyl (C=O) groups excluding carboxylic acids is 1. The third-order valence-corrected chi connectivity index (χ3v) is 3.98. The van der Waals surface area contributed by atoms with Crippen molar-refractivity contribution in [2.45, 2.75) is 25.3 Å². The first-order valence-corrected chi connectivity index (χ1v) is 6.43. The first-order chi connectivity index (χ1) is 8.59. The van der Waals surface area contributed by atoms with E-state index in [2.05, 4.69) is 5.32 Å². The molecular formula is C12H20N2O4. The Morgan fingerprint density at radius 2 is 2.06 bits per heavy atom. The molecule has 2 fully saturated rings. The summed E-state index contributed by atoms with van der Waals surface area (Å²) in [5.74, 6) is -1.44. The summed E-state index contributed by atoms with van der Waals surface area (Å²) in [6.45, 7) is 1.21. The summed E-state index contributed by atoms with van der Waals surface area (Å²) in [5, 5.41) is 11.9.